The molecule has 2 N–H and O–H groups in total. The van der Waals surface area contributed by atoms with Gasteiger partial charge >= 0.3 is 0 Å². The number of benzene rings is 1. The minimum absolute atomic E-state index is 0.0420. The van der Waals surface area contributed by atoms with Gasteiger partial charge in [0.25, 0.3) is 5.91 Å². The van der Waals surface area contributed by atoms with Crippen LogP contribution in [0.4, 0.5) is 5.82 Å². The van der Waals surface area contributed by atoms with Gasteiger partial charge in [0.15, 0.2) is 11.6 Å². The molecule has 0 radical (unpaired) electrons. The first-order valence-corrected chi connectivity index (χ1v) is 6.92. The second-order valence-corrected chi connectivity index (χ2v) is 5.43. The van der Waals surface area contributed by atoms with Crippen LogP contribution in [0.5, 0.6) is 5.75 Å². The highest BCUT2D eigenvalue weighted by atomic mass is 32.1. The molecule has 0 saturated heterocycles. The summed E-state index contributed by atoms with van der Waals surface area (Å²) in [6.07, 6.45) is 1.52. The van der Waals surface area contributed by atoms with Gasteiger partial charge in [-0.3, -0.25) is 4.79 Å². The van der Waals surface area contributed by atoms with E-state index in [1.165, 1.54) is 23.6 Å². The normalized spacial score (nSPS) is 10.7. The van der Waals surface area contributed by atoms with Crippen LogP contribution in [0.1, 0.15) is 15.2 Å². The Morgan fingerprint density at radius 3 is 2.80 bits per heavy atom. The van der Waals surface area contributed by atoms with E-state index in [4.69, 9.17) is 0 Å². The van der Waals surface area contributed by atoms with E-state index in [1.807, 2.05) is 31.2 Å². The Morgan fingerprint density at radius 2 is 2.05 bits per heavy atom. The van der Waals surface area contributed by atoms with Crippen molar-refractivity contribution in [1.82, 2.24) is 4.98 Å². The van der Waals surface area contributed by atoms with E-state index in [1.54, 1.807) is 6.07 Å². The molecule has 1 aromatic carbocycles. The summed E-state index contributed by atoms with van der Waals surface area (Å²) >= 11 is 1.44. The number of fused-ring (bicyclic) bond motifs is 1. The number of aromatic nitrogens is 1. The third kappa shape index (κ3) is 2.12. The molecule has 1 amide bonds. The van der Waals surface area contributed by atoms with Gasteiger partial charge in [0.2, 0.25) is 0 Å². The lowest BCUT2D eigenvalue weighted by Gasteiger charge is -2.05. The summed E-state index contributed by atoms with van der Waals surface area (Å²) in [6.45, 7) is 1.92. The van der Waals surface area contributed by atoms with Crippen molar-refractivity contribution in [3.05, 3.63) is 53.0 Å². The smallest absolute Gasteiger partial charge is 0.267 e. The summed E-state index contributed by atoms with van der Waals surface area (Å²) < 4.78 is 1.07. The highest BCUT2D eigenvalue weighted by molar-refractivity contribution is 7.21. The van der Waals surface area contributed by atoms with Crippen LogP contribution < -0.4 is 5.32 Å². The van der Waals surface area contributed by atoms with Crippen LogP contribution >= 0.6 is 11.3 Å². The molecule has 0 aliphatic carbocycles. The second kappa shape index (κ2) is 4.94. The van der Waals surface area contributed by atoms with Crippen molar-refractivity contribution in [2.24, 2.45) is 0 Å². The molecule has 4 nitrogen and oxygen atoms in total. The Kier molecular flexibility index (Phi) is 3.12. The van der Waals surface area contributed by atoms with E-state index in [0.29, 0.717) is 4.88 Å². The zero-order valence-electron chi connectivity index (χ0n) is 10.8. The fraction of sp³-hybridized carbons (Fsp3) is 0.0667. The van der Waals surface area contributed by atoms with Gasteiger partial charge in [-0.25, -0.2) is 4.98 Å². The Balaban J connectivity index is 1.97. The lowest BCUT2D eigenvalue weighted by molar-refractivity contribution is 0.102. The van der Waals surface area contributed by atoms with Crippen LogP contribution in [0.15, 0.2) is 42.6 Å². The molecule has 0 unspecified atom stereocenters. The standard InChI is InChI=1S/C15H12N2O2S/c1-9-10-5-2-3-7-12(10)20-13(9)15(19)17-14-11(18)6-4-8-16-14/h2-8,18H,1H3,(H,16,17,19). The SMILES string of the molecule is Cc1c(C(=O)Nc2ncccc2O)sc2ccccc12. The predicted molar refractivity (Wildman–Crippen MR) is 80.4 cm³/mol. The quantitative estimate of drug-likeness (QED) is 0.756. The van der Waals surface area contributed by atoms with Gasteiger partial charge in [-0.1, -0.05) is 18.2 Å². The molecular formula is C15H12N2O2S. The number of carbonyl (C=O) groups excluding carboxylic acids is 1. The van der Waals surface area contributed by atoms with Gasteiger partial charge < -0.3 is 10.4 Å². The van der Waals surface area contributed by atoms with E-state index < -0.39 is 0 Å². The molecule has 0 aliphatic rings. The van der Waals surface area contributed by atoms with Crippen LogP contribution in [-0.4, -0.2) is 16.0 Å². The maximum absolute atomic E-state index is 12.3. The van der Waals surface area contributed by atoms with Crippen LogP contribution in [0.2, 0.25) is 0 Å². The first kappa shape index (κ1) is 12.6. The summed E-state index contributed by atoms with van der Waals surface area (Å²) in [6, 6.07) is 11.0. The van der Waals surface area contributed by atoms with Crippen LogP contribution in [0, 0.1) is 6.92 Å². The van der Waals surface area contributed by atoms with E-state index >= 15 is 0 Å². The van der Waals surface area contributed by atoms with Crippen molar-refractivity contribution in [2.45, 2.75) is 6.92 Å². The number of aryl methyl sites for hydroxylation is 1. The molecule has 100 valence electrons. The zero-order valence-corrected chi connectivity index (χ0v) is 11.6. The van der Waals surface area contributed by atoms with E-state index in [2.05, 4.69) is 10.3 Å². The molecule has 5 heteroatoms. The van der Waals surface area contributed by atoms with Crippen molar-refractivity contribution >= 4 is 33.1 Å². The summed E-state index contributed by atoms with van der Waals surface area (Å²) in [5.74, 6) is -0.119. The number of hydrogen-bond donors (Lipinski definition) is 2. The van der Waals surface area contributed by atoms with Crippen molar-refractivity contribution in [3.63, 3.8) is 0 Å². The number of thiophene rings is 1. The molecule has 20 heavy (non-hydrogen) atoms. The Bertz CT molecular complexity index is 795. The van der Waals surface area contributed by atoms with Gasteiger partial charge in [-0.05, 0) is 36.1 Å². The molecule has 0 aliphatic heterocycles. The van der Waals surface area contributed by atoms with Crippen LogP contribution in [-0.2, 0) is 0 Å². The van der Waals surface area contributed by atoms with Gasteiger partial charge in [0.05, 0.1) is 4.88 Å². The maximum atomic E-state index is 12.3. The van der Waals surface area contributed by atoms with Gasteiger partial charge in [-0.2, -0.15) is 0 Å². The number of nitrogens with zero attached hydrogens (tertiary/aromatic N) is 1. The predicted octanol–water partition coefficient (Wildman–Crippen LogP) is 3.56. The van der Waals surface area contributed by atoms with E-state index in [-0.39, 0.29) is 17.5 Å². The number of carbonyl (C=O) groups is 1. The molecule has 0 bridgehead atoms. The monoisotopic (exact) mass is 284 g/mol. The van der Waals surface area contributed by atoms with Crippen LogP contribution in [0.25, 0.3) is 10.1 Å². The molecule has 0 atom stereocenters. The topological polar surface area (TPSA) is 62.2 Å². The summed E-state index contributed by atoms with van der Waals surface area (Å²) in [5, 5.41) is 13.4. The van der Waals surface area contributed by atoms with Crippen LogP contribution in [0.3, 0.4) is 0 Å². The molecule has 2 heterocycles. The molecule has 3 rings (SSSR count). The van der Waals surface area contributed by atoms with Crippen molar-refractivity contribution in [1.29, 1.82) is 0 Å². The summed E-state index contributed by atoms with van der Waals surface area (Å²) in [5.41, 5.74) is 0.943. The minimum Gasteiger partial charge on any atom is -0.504 e. The first-order chi connectivity index (χ1) is 9.66. The summed E-state index contributed by atoms with van der Waals surface area (Å²) in [7, 11) is 0. The maximum Gasteiger partial charge on any atom is 0.267 e. The number of aromatic hydroxyl groups is 1. The third-order valence-corrected chi connectivity index (χ3v) is 4.34. The fourth-order valence-corrected chi connectivity index (χ4v) is 3.15. The van der Waals surface area contributed by atoms with Gasteiger partial charge in [0.1, 0.15) is 0 Å². The number of amides is 1. The highest BCUT2D eigenvalue weighted by Crippen LogP contribution is 2.31. The van der Waals surface area contributed by atoms with E-state index in [9.17, 15) is 9.90 Å². The molecule has 0 fully saturated rings. The molecule has 3 aromatic rings. The molecule has 0 spiro atoms. The van der Waals surface area contributed by atoms with Gasteiger partial charge in [-0.15, -0.1) is 11.3 Å². The number of anilines is 1. The minimum atomic E-state index is -0.252. The van der Waals surface area contributed by atoms with Crippen molar-refractivity contribution < 1.29 is 9.90 Å². The lowest BCUT2D eigenvalue weighted by Crippen LogP contribution is -2.12. The second-order valence-electron chi connectivity index (χ2n) is 4.38. The van der Waals surface area contributed by atoms with E-state index in [0.717, 1.165) is 15.6 Å². The van der Waals surface area contributed by atoms with Crippen molar-refractivity contribution in [3.8, 4) is 5.75 Å². The average Bonchev–Trinajstić information content (AvgIpc) is 2.79. The van der Waals surface area contributed by atoms with Gasteiger partial charge in [0, 0.05) is 10.9 Å². The average molecular weight is 284 g/mol. The Labute approximate surface area is 119 Å². The highest BCUT2D eigenvalue weighted by Gasteiger charge is 2.16. The Hall–Kier alpha value is -2.40. The molecule has 2 aromatic heterocycles. The fourth-order valence-electron chi connectivity index (χ4n) is 2.05. The number of nitrogens with one attached hydrogen (secondary N) is 1. The third-order valence-electron chi connectivity index (χ3n) is 3.07. The largest absolute Gasteiger partial charge is 0.504 e. The number of rotatable bonds is 2. The van der Waals surface area contributed by atoms with Crippen molar-refractivity contribution in [2.75, 3.05) is 5.32 Å². The Morgan fingerprint density at radius 1 is 1.25 bits per heavy atom. The number of pyridine rings is 1. The summed E-state index contributed by atoms with van der Waals surface area (Å²) in [4.78, 5) is 16.9. The zero-order chi connectivity index (χ0) is 14.1. The lowest BCUT2D eigenvalue weighted by atomic mass is 10.1. The number of hydrogen-bond acceptors (Lipinski definition) is 4. The first-order valence-electron chi connectivity index (χ1n) is 6.10. The molecule has 0 saturated carbocycles. The molecular weight excluding hydrogens is 272 g/mol.